The Bertz CT molecular complexity index is 853. The molecule has 0 atom stereocenters. The molecule has 0 saturated heterocycles. The molecule has 0 radical (unpaired) electrons. The van der Waals surface area contributed by atoms with E-state index in [0.29, 0.717) is 17.0 Å². The number of aliphatic hydroxyl groups is 1. The molecule has 23 heavy (non-hydrogen) atoms. The number of aromatic nitrogens is 3. The van der Waals surface area contributed by atoms with Crippen LogP contribution in [0.2, 0.25) is 5.02 Å². The highest BCUT2D eigenvalue weighted by Gasteiger charge is 2.17. The van der Waals surface area contributed by atoms with Crippen molar-refractivity contribution < 1.29 is 14.3 Å². The van der Waals surface area contributed by atoms with Crippen molar-refractivity contribution in [3.05, 3.63) is 76.7 Å². The number of nitrogens with one attached hydrogen (secondary N) is 1. The summed E-state index contributed by atoms with van der Waals surface area (Å²) >= 11 is 6.14. The lowest BCUT2D eigenvalue weighted by molar-refractivity contribution is 0.102. The number of rotatable bonds is 5. The topological polar surface area (TPSA) is 92.0 Å². The number of carbonyl (C=O) groups is 1. The Morgan fingerprint density at radius 3 is 2.87 bits per heavy atom. The van der Waals surface area contributed by atoms with E-state index < -0.39 is 5.78 Å². The van der Waals surface area contributed by atoms with Gasteiger partial charge >= 0.3 is 0 Å². The smallest absolute Gasteiger partial charge is 0.225 e. The lowest BCUT2D eigenvalue weighted by Gasteiger charge is -2.03. The molecule has 0 spiro atoms. The third-order valence-electron chi connectivity index (χ3n) is 3.22. The van der Waals surface area contributed by atoms with Crippen molar-refractivity contribution in [3.8, 4) is 0 Å². The maximum atomic E-state index is 12.3. The largest absolute Gasteiger partial charge is 0.504 e. The number of nitrogens with zero attached hydrogens (tertiary/aromatic N) is 2. The van der Waals surface area contributed by atoms with Crippen LogP contribution in [0.5, 0.6) is 0 Å². The summed E-state index contributed by atoms with van der Waals surface area (Å²) in [5.41, 5.74) is 1.56. The van der Waals surface area contributed by atoms with Crippen molar-refractivity contribution in [1.29, 1.82) is 0 Å². The first kappa shape index (κ1) is 15.1. The molecule has 0 aliphatic rings. The standard InChI is InChI=1S/C16H12ClN3O3/c17-12-4-2-1-3-10(12)7-11-5-6-23-15(11)13(21)8-14(22)16-18-9-19-20-16/h1-6,8-9,22H,7H2,(H,18,19,20). The van der Waals surface area contributed by atoms with Gasteiger partial charge in [0.05, 0.1) is 6.26 Å². The molecule has 3 aromatic rings. The highest BCUT2D eigenvalue weighted by Crippen LogP contribution is 2.22. The van der Waals surface area contributed by atoms with Crippen molar-refractivity contribution in [3.63, 3.8) is 0 Å². The summed E-state index contributed by atoms with van der Waals surface area (Å²) in [6.07, 6.45) is 4.21. The van der Waals surface area contributed by atoms with E-state index in [2.05, 4.69) is 15.2 Å². The molecule has 1 aromatic carbocycles. The fourth-order valence-electron chi connectivity index (χ4n) is 2.12. The molecule has 0 unspecified atom stereocenters. The number of aromatic amines is 1. The third kappa shape index (κ3) is 3.32. The number of carbonyl (C=O) groups excluding carboxylic acids is 1. The Morgan fingerprint density at radius 2 is 2.13 bits per heavy atom. The maximum absolute atomic E-state index is 12.3. The minimum atomic E-state index is -0.473. The van der Waals surface area contributed by atoms with E-state index in [1.165, 1.54) is 12.6 Å². The number of hydrogen-bond acceptors (Lipinski definition) is 5. The predicted octanol–water partition coefficient (Wildman–Crippen LogP) is 3.42. The molecule has 2 N–H and O–H groups in total. The van der Waals surface area contributed by atoms with Crippen LogP contribution in [0.1, 0.15) is 27.5 Å². The minimum absolute atomic E-state index is 0.0394. The van der Waals surface area contributed by atoms with Crippen LogP contribution in [0, 0.1) is 0 Å². The second kappa shape index (κ2) is 6.50. The normalized spacial score (nSPS) is 11.6. The first-order valence-electron chi connectivity index (χ1n) is 6.76. The zero-order valence-corrected chi connectivity index (χ0v) is 12.6. The van der Waals surface area contributed by atoms with Crippen molar-refractivity contribution in [2.75, 3.05) is 0 Å². The molecule has 3 rings (SSSR count). The number of hydrogen-bond donors (Lipinski definition) is 2. The molecule has 0 aliphatic carbocycles. The van der Waals surface area contributed by atoms with E-state index in [0.717, 1.165) is 11.6 Å². The lowest BCUT2D eigenvalue weighted by atomic mass is 10.0. The molecular weight excluding hydrogens is 318 g/mol. The fraction of sp³-hybridized carbons (Fsp3) is 0.0625. The molecule has 2 heterocycles. The monoisotopic (exact) mass is 329 g/mol. The minimum Gasteiger partial charge on any atom is -0.504 e. The SMILES string of the molecule is O=C(C=C(O)c1nc[nH]n1)c1occc1Cc1ccccc1Cl. The van der Waals surface area contributed by atoms with Gasteiger partial charge in [-0.1, -0.05) is 29.8 Å². The maximum Gasteiger partial charge on any atom is 0.225 e. The summed E-state index contributed by atoms with van der Waals surface area (Å²) in [5.74, 6) is -0.625. The van der Waals surface area contributed by atoms with E-state index in [1.54, 1.807) is 12.1 Å². The second-order valence-corrected chi connectivity index (χ2v) is 5.17. The van der Waals surface area contributed by atoms with Gasteiger partial charge in [0, 0.05) is 23.1 Å². The Kier molecular flexibility index (Phi) is 4.25. The summed E-state index contributed by atoms with van der Waals surface area (Å²) in [7, 11) is 0. The summed E-state index contributed by atoms with van der Waals surface area (Å²) in [5, 5.41) is 16.6. The molecule has 6 nitrogen and oxygen atoms in total. The Labute approximate surface area is 136 Å². The first-order valence-corrected chi connectivity index (χ1v) is 7.14. The fourth-order valence-corrected chi connectivity index (χ4v) is 2.33. The van der Waals surface area contributed by atoms with Gasteiger partial charge in [0.2, 0.25) is 11.6 Å². The van der Waals surface area contributed by atoms with E-state index in [-0.39, 0.29) is 17.3 Å². The second-order valence-electron chi connectivity index (χ2n) is 4.76. The van der Waals surface area contributed by atoms with Crippen LogP contribution in [0.15, 0.2) is 53.4 Å². The van der Waals surface area contributed by atoms with Crippen LogP contribution in [0.4, 0.5) is 0 Å². The summed E-state index contributed by atoms with van der Waals surface area (Å²) in [4.78, 5) is 16.0. The molecule has 0 aliphatic heterocycles. The Hall–Kier alpha value is -2.86. The summed E-state index contributed by atoms with van der Waals surface area (Å²) in [6.45, 7) is 0. The summed E-state index contributed by atoms with van der Waals surface area (Å²) < 4.78 is 5.26. The van der Waals surface area contributed by atoms with Crippen molar-refractivity contribution >= 4 is 23.1 Å². The van der Waals surface area contributed by atoms with Gasteiger partial charge in [-0.15, -0.1) is 0 Å². The van der Waals surface area contributed by atoms with Crippen molar-refractivity contribution in [2.45, 2.75) is 6.42 Å². The van der Waals surface area contributed by atoms with Gasteiger partial charge in [0.15, 0.2) is 11.5 Å². The molecule has 7 heteroatoms. The van der Waals surface area contributed by atoms with Gasteiger partial charge in [-0.2, -0.15) is 5.10 Å². The van der Waals surface area contributed by atoms with Crippen LogP contribution < -0.4 is 0 Å². The molecule has 0 amide bonds. The Balaban J connectivity index is 1.85. The number of allylic oxidation sites excluding steroid dienone is 1. The lowest BCUT2D eigenvalue weighted by Crippen LogP contribution is -2.01. The van der Waals surface area contributed by atoms with Gasteiger partial charge in [0.25, 0.3) is 0 Å². The first-order chi connectivity index (χ1) is 11.1. The highest BCUT2D eigenvalue weighted by atomic mass is 35.5. The molecular formula is C16H12ClN3O3. The number of aliphatic hydroxyl groups excluding tert-OH is 1. The number of benzene rings is 1. The molecule has 0 fully saturated rings. The summed E-state index contributed by atoms with van der Waals surface area (Å²) in [6, 6.07) is 9.08. The van der Waals surface area contributed by atoms with E-state index in [4.69, 9.17) is 16.0 Å². The third-order valence-corrected chi connectivity index (χ3v) is 3.59. The highest BCUT2D eigenvalue weighted by molar-refractivity contribution is 6.31. The van der Waals surface area contributed by atoms with Gasteiger partial charge in [-0.25, -0.2) is 4.98 Å². The van der Waals surface area contributed by atoms with Gasteiger partial charge < -0.3 is 9.52 Å². The average Bonchev–Trinajstić information content (AvgIpc) is 3.20. The zero-order valence-electron chi connectivity index (χ0n) is 11.9. The average molecular weight is 330 g/mol. The van der Waals surface area contributed by atoms with Crippen LogP contribution >= 0.6 is 11.6 Å². The van der Waals surface area contributed by atoms with Crippen LogP contribution in [-0.4, -0.2) is 26.1 Å². The number of ketones is 1. The molecule has 0 bridgehead atoms. The van der Waals surface area contributed by atoms with E-state index in [1.807, 2.05) is 18.2 Å². The Morgan fingerprint density at radius 1 is 1.30 bits per heavy atom. The van der Waals surface area contributed by atoms with Crippen LogP contribution in [0.3, 0.4) is 0 Å². The van der Waals surface area contributed by atoms with E-state index in [9.17, 15) is 9.90 Å². The van der Waals surface area contributed by atoms with Gasteiger partial charge in [-0.05, 0) is 17.7 Å². The van der Waals surface area contributed by atoms with Gasteiger partial charge in [0.1, 0.15) is 6.33 Å². The van der Waals surface area contributed by atoms with Crippen LogP contribution in [0.25, 0.3) is 5.76 Å². The number of furan rings is 1. The van der Waals surface area contributed by atoms with Gasteiger partial charge in [-0.3, -0.25) is 9.89 Å². The molecule has 2 aromatic heterocycles. The quantitative estimate of drug-likeness (QED) is 0.425. The van der Waals surface area contributed by atoms with Crippen LogP contribution in [-0.2, 0) is 6.42 Å². The number of halogens is 1. The molecule has 0 saturated carbocycles. The number of H-pyrrole nitrogens is 1. The molecule has 116 valence electrons. The van der Waals surface area contributed by atoms with Crippen molar-refractivity contribution in [1.82, 2.24) is 15.2 Å². The van der Waals surface area contributed by atoms with E-state index >= 15 is 0 Å². The zero-order chi connectivity index (χ0) is 16.2. The van der Waals surface area contributed by atoms with Crippen molar-refractivity contribution in [2.24, 2.45) is 0 Å². The predicted molar refractivity (Wildman–Crippen MR) is 84.3 cm³/mol.